The Balaban J connectivity index is 1.53. The van der Waals surface area contributed by atoms with Gasteiger partial charge in [0.1, 0.15) is 11.9 Å². The van der Waals surface area contributed by atoms with E-state index in [1.54, 1.807) is 37.3 Å². The molecule has 0 saturated heterocycles. The van der Waals surface area contributed by atoms with Gasteiger partial charge >= 0.3 is 6.18 Å². The first kappa shape index (κ1) is 28.1. The quantitative estimate of drug-likeness (QED) is 0.247. The maximum Gasteiger partial charge on any atom is 0.416 e. The predicted molar refractivity (Wildman–Crippen MR) is 140 cm³/mol. The lowest BCUT2D eigenvalue weighted by molar-refractivity contribution is -0.137. The van der Waals surface area contributed by atoms with Gasteiger partial charge in [-0.25, -0.2) is 10.4 Å². The number of hydrogen-bond acceptors (Lipinski definition) is 6. The molecular weight excluding hydrogens is 511 g/mol. The number of carbonyl (C=O) groups excluding carboxylic acids is 1. The van der Waals surface area contributed by atoms with E-state index in [4.69, 9.17) is 19.6 Å². The number of nitrogens with zero attached hydrogens (tertiary/aromatic N) is 1. The molecule has 0 unspecified atom stereocenters. The Morgan fingerprint density at radius 3 is 2.46 bits per heavy atom. The van der Waals surface area contributed by atoms with Crippen LogP contribution in [0.3, 0.4) is 0 Å². The summed E-state index contributed by atoms with van der Waals surface area (Å²) in [7, 11) is 0. The van der Waals surface area contributed by atoms with E-state index < -0.39 is 29.3 Å². The van der Waals surface area contributed by atoms with Crippen molar-refractivity contribution in [3.05, 3.63) is 101 Å². The van der Waals surface area contributed by atoms with Crippen LogP contribution in [0.25, 0.3) is 0 Å². The number of ether oxygens (including phenoxy) is 2. The maximum absolute atomic E-state index is 13.6. The molecule has 2 atom stereocenters. The second-order valence-electron chi connectivity index (χ2n) is 9.22. The molecule has 0 spiro atoms. The lowest BCUT2D eigenvalue weighted by Crippen LogP contribution is -2.55. The minimum Gasteiger partial charge on any atom is -0.494 e. The number of hydrazine groups is 1. The van der Waals surface area contributed by atoms with Gasteiger partial charge in [-0.15, -0.1) is 0 Å². The summed E-state index contributed by atoms with van der Waals surface area (Å²) in [5.41, 5.74) is 5.20. The monoisotopic (exact) mass is 541 g/mol. The second-order valence-corrected chi connectivity index (χ2v) is 9.22. The number of rotatable bonds is 11. The topological polar surface area (TPSA) is 92.2 Å². The molecule has 0 fully saturated rings. The van der Waals surface area contributed by atoms with Crippen LogP contribution >= 0.6 is 0 Å². The number of aliphatic hydroxyl groups excluding tert-OH is 1. The van der Waals surface area contributed by atoms with E-state index in [1.165, 1.54) is 6.07 Å². The van der Waals surface area contributed by atoms with Crippen LogP contribution in [0.5, 0.6) is 5.75 Å². The first-order valence-corrected chi connectivity index (χ1v) is 12.6. The Morgan fingerprint density at radius 2 is 1.77 bits per heavy atom. The fourth-order valence-corrected chi connectivity index (χ4v) is 4.24. The molecule has 10 heteroatoms. The van der Waals surface area contributed by atoms with Crippen molar-refractivity contribution in [3.63, 3.8) is 0 Å². The van der Waals surface area contributed by atoms with Gasteiger partial charge in [-0.1, -0.05) is 48.5 Å². The molecule has 0 radical (unpaired) electrons. The smallest absolute Gasteiger partial charge is 0.416 e. The van der Waals surface area contributed by atoms with Crippen molar-refractivity contribution in [2.45, 2.75) is 44.1 Å². The zero-order valence-corrected chi connectivity index (χ0v) is 21.4. The van der Waals surface area contributed by atoms with Gasteiger partial charge in [0.05, 0.1) is 12.2 Å². The average Bonchev–Trinajstić information content (AvgIpc) is 3.26. The molecule has 1 aliphatic rings. The summed E-state index contributed by atoms with van der Waals surface area (Å²) >= 11 is 0. The minimum absolute atomic E-state index is 0.0133. The molecule has 1 amide bonds. The average molecular weight is 542 g/mol. The van der Waals surface area contributed by atoms with E-state index in [-0.39, 0.29) is 19.6 Å². The molecule has 0 saturated carbocycles. The molecule has 0 bridgehead atoms. The molecule has 3 aromatic carbocycles. The third-order valence-corrected chi connectivity index (χ3v) is 6.39. The van der Waals surface area contributed by atoms with Crippen molar-refractivity contribution in [1.29, 1.82) is 0 Å². The number of amides is 1. The Bertz CT molecular complexity index is 1280. The van der Waals surface area contributed by atoms with Gasteiger partial charge in [0.25, 0.3) is 5.91 Å². The highest BCUT2D eigenvalue weighted by Crippen LogP contribution is 2.33. The number of aliphatic hydroxyl groups is 1. The number of hydrogen-bond donors (Lipinski definition) is 3. The highest BCUT2D eigenvalue weighted by molar-refractivity contribution is 6.00. The summed E-state index contributed by atoms with van der Waals surface area (Å²) in [6.07, 6.45) is -4.32. The van der Waals surface area contributed by atoms with Crippen molar-refractivity contribution in [1.82, 2.24) is 10.9 Å². The van der Waals surface area contributed by atoms with E-state index >= 15 is 0 Å². The second kappa shape index (κ2) is 12.3. The lowest BCUT2D eigenvalue weighted by Gasteiger charge is -2.28. The van der Waals surface area contributed by atoms with Gasteiger partial charge in [-0.3, -0.25) is 10.2 Å². The van der Waals surface area contributed by atoms with Crippen LogP contribution < -0.4 is 15.6 Å². The van der Waals surface area contributed by atoms with Gasteiger partial charge in [-0.2, -0.15) is 13.2 Å². The molecule has 0 aliphatic carbocycles. The molecule has 4 rings (SSSR count). The number of nitrogens with one attached hydrogen (secondary N) is 2. The van der Waals surface area contributed by atoms with Gasteiger partial charge in [0.2, 0.25) is 5.90 Å². The summed E-state index contributed by atoms with van der Waals surface area (Å²) in [4.78, 5) is 18.4. The van der Waals surface area contributed by atoms with Crippen molar-refractivity contribution in [3.8, 4) is 5.75 Å². The summed E-state index contributed by atoms with van der Waals surface area (Å²) in [5, 5.41) is 8.92. The van der Waals surface area contributed by atoms with Crippen LogP contribution in [0.1, 0.15) is 35.6 Å². The van der Waals surface area contributed by atoms with Gasteiger partial charge in [0, 0.05) is 31.6 Å². The molecule has 3 N–H and O–H groups in total. The largest absolute Gasteiger partial charge is 0.494 e. The van der Waals surface area contributed by atoms with Gasteiger partial charge in [0.15, 0.2) is 5.54 Å². The molecule has 0 aromatic heterocycles. The number of alkyl halides is 3. The zero-order valence-electron chi connectivity index (χ0n) is 21.4. The van der Waals surface area contributed by atoms with E-state index in [0.29, 0.717) is 35.8 Å². The number of halogens is 3. The van der Waals surface area contributed by atoms with E-state index in [1.807, 2.05) is 30.3 Å². The van der Waals surface area contributed by atoms with Crippen LogP contribution in [-0.4, -0.2) is 41.8 Å². The van der Waals surface area contributed by atoms with Gasteiger partial charge < -0.3 is 14.6 Å². The van der Waals surface area contributed by atoms with E-state index in [0.717, 1.165) is 17.7 Å². The summed E-state index contributed by atoms with van der Waals surface area (Å²) in [6, 6.07) is 21.4. The number of carbonyl (C=O) groups is 1. The van der Waals surface area contributed by atoms with E-state index in [9.17, 15) is 18.0 Å². The number of aliphatic imine (C=N–C) groups is 1. The molecule has 206 valence electrons. The van der Waals surface area contributed by atoms with Gasteiger partial charge in [-0.05, 0) is 48.4 Å². The Kier molecular flexibility index (Phi) is 8.88. The van der Waals surface area contributed by atoms with Crippen molar-refractivity contribution >= 4 is 11.8 Å². The highest BCUT2D eigenvalue weighted by Gasteiger charge is 2.50. The van der Waals surface area contributed by atoms with Crippen LogP contribution in [0.15, 0.2) is 83.9 Å². The predicted octanol–water partition coefficient (Wildman–Crippen LogP) is 4.43. The molecule has 1 aliphatic heterocycles. The van der Waals surface area contributed by atoms with Crippen molar-refractivity contribution in [2.24, 2.45) is 4.99 Å². The Hall–Kier alpha value is -3.89. The van der Waals surface area contributed by atoms with Crippen LogP contribution in [0.2, 0.25) is 0 Å². The van der Waals surface area contributed by atoms with Crippen LogP contribution in [0, 0.1) is 0 Å². The third-order valence-electron chi connectivity index (χ3n) is 6.39. The van der Waals surface area contributed by atoms with E-state index in [2.05, 4.69) is 10.9 Å². The SMILES string of the molecule is C[C@@H]1OC(c2ccc(OCCCO)cc2)=N[C@]1(Cc1ccccc1)C(=O)NNCc1cccc(C(F)(F)F)c1. The van der Waals surface area contributed by atoms with Crippen molar-refractivity contribution in [2.75, 3.05) is 13.2 Å². The molecular formula is C29H30F3N3O4. The zero-order chi connectivity index (χ0) is 27.9. The molecule has 3 aromatic rings. The molecule has 1 heterocycles. The number of benzene rings is 3. The molecule has 7 nitrogen and oxygen atoms in total. The summed E-state index contributed by atoms with van der Waals surface area (Å²) < 4.78 is 50.8. The normalized spacial score (nSPS) is 18.8. The summed E-state index contributed by atoms with van der Waals surface area (Å²) in [6.45, 7) is 2.18. The van der Waals surface area contributed by atoms with Crippen LogP contribution in [-0.2, 0) is 28.7 Å². The first-order chi connectivity index (χ1) is 18.7. The Labute approximate surface area is 224 Å². The Morgan fingerprint density at radius 1 is 1.05 bits per heavy atom. The lowest BCUT2D eigenvalue weighted by atomic mass is 9.86. The van der Waals surface area contributed by atoms with Crippen LogP contribution in [0.4, 0.5) is 13.2 Å². The first-order valence-electron chi connectivity index (χ1n) is 12.6. The molecule has 39 heavy (non-hydrogen) atoms. The third kappa shape index (κ3) is 6.96. The van der Waals surface area contributed by atoms with Crippen molar-refractivity contribution < 1.29 is 32.5 Å². The summed E-state index contributed by atoms with van der Waals surface area (Å²) in [5.74, 6) is 0.462. The highest BCUT2D eigenvalue weighted by atomic mass is 19.4. The standard InChI is InChI=1S/C29H30F3N3O4/c1-20-28(18-21-7-3-2-4-8-21,27(37)35-33-19-22-9-5-10-24(17-22)29(30,31)32)34-26(39-20)23-11-13-25(14-12-23)38-16-6-15-36/h2-5,7-14,17,20,33,36H,6,15-16,18-19H2,1H3,(H,35,37)/t20-,28-/m0/s1. The fraction of sp³-hybridized carbons (Fsp3) is 0.310. The minimum atomic E-state index is -4.45. The fourth-order valence-electron chi connectivity index (χ4n) is 4.24. The maximum atomic E-state index is 13.6.